The summed E-state index contributed by atoms with van der Waals surface area (Å²) in [4.78, 5) is 0. The van der Waals surface area contributed by atoms with Crippen LogP contribution < -0.4 is 5.73 Å². The summed E-state index contributed by atoms with van der Waals surface area (Å²) in [5.74, 6) is 0.0807. The van der Waals surface area contributed by atoms with Crippen LogP contribution in [0.4, 0.5) is 0 Å². The predicted octanol–water partition coefficient (Wildman–Crippen LogP) is 1.25. The zero-order chi connectivity index (χ0) is 7.28. The van der Waals surface area contributed by atoms with Crippen LogP contribution in [-0.2, 0) is 0 Å². The number of rotatable bonds is 2. The molecule has 0 unspecified atom stereocenters. The number of allylic oxidation sites excluding steroid dienone is 1. The number of hydrogen-bond donors (Lipinski definition) is 3. The number of aliphatic hydroxyl groups is 1. The molecule has 3 nitrogen and oxygen atoms in total. The number of nitrogens with one attached hydrogen (secondary N) is 1. The summed E-state index contributed by atoms with van der Waals surface area (Å²) in [6.07, 6.45) is 0. The van der Waals surface area contributed by atoms with Gasteiger partial charge in [0, 0.05) is 5.41 Å². The lowest BCUT2D eigenvalue weighted by Gasteiger charge is -1.90. The minimum absolute atomic E-state index is 0.0249. The third-order valence-corrected chi connectivity index (χ3v) is 1.38. The van der Waals surface area contributed by atoms with Gasteiger partial charge in [-0.25, -0.2) is 0 Å². The van der Waals surface area contributed by atoms with Crippen LogP contribution in [-0.4, -0.2) is 16.2 Å². The van der Waals surface area contributed by atoms with E-state index < -0.39 is 0 Å². The van der Waals surface area contributed by atoms with E-state index in [1.165, 1.54) is 5.41 Å². The van der Waals surface area contributed by atoms with Crippen molar-refractivity contribution in [3.8, 4) is 0 Å². The number of halogens is 1. The molecule has 0 atom stereocenters. The first kappa shape index (κ1) is 8.65. The molecule has 0 radical (unpaired) electrons. The number of amidine groups is 1. The van der Waals surface area contributed by atoms with E-state index in [0.29, 0.717) is 0 Å². The molecule has 0 aliphatic rings. The van der Waals surface area contributed by atoms with Gasteiger partial charge in [0.05, 0.1) is 5.88 Å². The Labute approximate surface area is 62.4 Å². The van der Waals surface area contributed by atoms with Gasteiger partial charge in [-0.3, -0.25) is 5.41 Å². The molecule has 52 valence electrons. The second kappa shape index (κ2) is 4.52. The van der Waals surface area contributed by atoms with Crippen LogP contribution in [0.1, 0.15) is 0 Å². The van der Waals surface area contributed by atoms with Gasteiger partial charge < -0.3 is 10.8 Å². The third-order valence-electron chi connectivity index (χ3n) is 0.459. The maximum atomic E-state index is 8.66. The van der Waals surface area contributed by atoms with E-state index in [-0.39, 0.29) is 16.8 Å². The fourth-order valence-electron chi connectivity index (χ4n) is 0.163. The minimum Gasteiger partial charge on any atom is -0.510 e. The van der Waals surface area contributed by atoms with E-state index in [2.05, 4.69) is 0 Å². The summed E-state index contributed by atoms with van der Waals surface area (Å²) in [6.45, 7) is 0. The Bertz CT molecular complexity index is 137. The Morgan fingerprint density at radius 3 is 2.78 bits per heavy atom. The van der Waals surface area contributed by atoms with Crippen molar-refractivity contribution >= 4 is 28.5 Å². The lowest BCUT2D eigenvalue weighted by atomic mass is 10.7. The molecule has 0 aromatic carbocycles. The topological polar surface area (TPSA) is 70.1 Å². The average Bonchev–Trinajstić information content (AvgIpc) is 1.83. The fourth-order valence-corrected chi connectivity index (χ4v) is 0.678. The molecule has 0 aromatic rings. The molecule has 0 saturated heterocycles. The molecule has 0 aromatic heterocycles. The van der Waals surface area contributed by atoms with Crippen molar-refractivity contribution in [3.05, 3.63) is 11.2 Å². The number of aliphatic hydroxyl groups excluding tert-OH is 1. The molecule has 0 aliphatic heterocycles. The van der Waals surface area contributed by atoms with Gasteiger partial charge in [0.15, 0.2) is 5.17 Å². The van der Waals surface area contributed by atoms with Gasteiger partial charge >= 0.3 is 0 Å². The van der Waals surface area contributed by atoms with E-state index in [1.54, 1.807) is 0 Å². The molecule has 0 fully saturated rings. The zero-order valence-electron chi connectivity index (χ0n) is 4.60. The van der Waals surface area contributed by atoms with E-state index >= 15 is 0 Å². The van der Waals surface area contributed by atoms with Crippen molar-refractivity contribution in [3.63, 3.8) is 0 Å². The number of hydrogen-bond acceptors (Lipinski definition) is 3. The van der Waals surface area contributed by atoms with Gasteiger partial charge in [-0.1, -0.05) is 11.8 Å². The normalized spacial score (nSPS) is 11.4. The van der Waals surface area contributed by atoms with Gasteiger partial charge in [-0.15, -0.1) is 11.6 Å². The summed E-state index contributed by atoms with van der Waals surface area (Å²) in [6, 6.07) is 0. The zero-order valence-corrected chi connectivity index (χ0v) is 6.17. The monoisotopic (exact) mass is 166 g/mol. The van der Waals surface area contributed by atoms with Crippen molar-refractivity contribution in [1.82, 2.24) is 0 Å². The minimum atomic E-state index is -0.0633. The van der Waals surface area contributed by atoms with Crippen LogP contribution in [0.3, 0.4) is 0 Å². The first-order valence-corrected chi connectivity index (χ1v) is 3.53. The molecule has 5 heteroatoms. The second-order valence-corrected chi connectivity index (χ2v) is 2.40. The Balaban J connectivity index is 3.56. The van der Waals surface area contributed by atoms with Crippen LogP contribution >= 0.6 is 23.4 Å². The SMILES string of the molecule is N=C(N)S/C=C(\O)CCl. The first-order valence-electron chi connectivity index (χ1n) is 2.11. The second-order valence-electron chi connectivity index (χ2n) is 1.22. The Kier molecular flexibility index (Phi) is 4.35. The van der Waals surface area contributed by atoms with E-state index in [9.17, 15) is 0 Å². The average molecular weight is 167 g/mol. The van der Waals surface area contributed by atoms with Crippen molar-refractivity contribution in [2.75, 3.05) is 5.88 Å². The number of alkyl halides is 1. The maximum absolute atomic E-state index is 8.66. The Hall–Kier alpha value is -0.350. The summed E-state index contributed by atoms with van der Waals surface area (Å²) in [7, 11) is 0. The van der Waals surface area contributed by atoms with Crippen LogP contribution in [0.25, 0.3) is 0 Å². The Morgan fingerprint density at radius 1 is 1.89 bits per heavy atom. The van der Waals surface area contributed by atoms with Crippen LogP contribution in [0.5, 0.6) is 0 Å². The van der Waals surface area contributed by atoms with Gasteiger partial charge in [-0.05, 0) is 0 Å². The maximum Gasteiger partial charge on any atom is 0.155 e. The van der Waals surface area contributed by atoms with E-state index in [0.717, 1.165) is 11.8 Å². The first-order chi connectivity index (χ1) is 4.16. The summed E-state index contributed by atoms with van der Waals surface area (Å²) < 4.78 is 0. The van der Waals surface area contributed by atoms with Crippen molar-refractivity contribution < 1.29 is 5.11 Å². The molecule has 0 spiro atoms. The Morgan fingerprint density at radius 2 is 2.44 bits per heavy atom. The molecular weight excluding hydrogens is 160 g/mol. The molecule has 9 heavy (non-hydrogen) atoms. The fraction of sp³-hybridized carbons (Fsp3) is 0.250. The lowest BCUT2D eigenvalue weighted by Crippen LogP contribution is -2.01. The van der Waals surface area contributed by atoms with Crippen LogP contribution in [0.2, 0.25) is 0 Å². The lowest BCUT2D eigenvalue weighted by molar-refractivity contribution is 0.418. The predicted molar refractivity (Wildman–Crippen MR) is 40.9 cm³/mol. The summed E-state index contributed by atoms with van der Waals surface area (Å²) in [5, 5.41) is 16.6. The number of nitrogens with two attached hydrogens (primary N) is 1. The van der Waals surface area contributed by atoms with Crippen LogP contribution in [0.15, 0.2) is 11.2 Å². The quantitative estimate of drug-likeness (QED) is 0.250. The summed E-state index contributed by atoms with van der Waals surface area (Å²) in [5.41, 5.74) is 4.94. The van der Waals surface area contributed by atoms with Gasteiger partial charge in [0.2, 0.25) is 0 Å². The van der Waals surface area contributed by atoms with Gasteiger partial charge in [-0.2, -0.15) is 0 Å². The molecule has 0 heterocycles. The van der Waals surface area contributed by atoms with Crippen molar-refractivity contribution in [1.29, 1.82) is 5.41 Å². The highest BCUT2D eigenvalue weighted by Crippen LogP contribution is 2.04. The molecular formula is C4H7ClN2OS. The van der Waals surface area contributed by atoms with Crippen molar-refractivity contribution in [2.45, 2.75) is 0 Å². The van der Waals surface area contributed by atoms with E-state index in [4.69, 9.17) is 27.9 Å². The molecule has 0 aliphatic carbocycles. The largest absolute Gasteiger partial charge is 0.510 e. The number of thioether (sulfide) groups is 1. The summed E-state index contributed by atoms with van der Waals surface area (Å²) >= 11 is 6.12. The van der Waals surface area contributed by atoms with Crippen LogP contribution in [0, 0.1) is 5.41 Å². The molecule has 0 saturated carbocycles. The highest BCUT2D eigenvalue weighted by molar-refractivity contribution is 8.16. The molecule has 0 rings (SSSR count). The molecule has 0 bridgehead atoms. The van der Waals surface area contributed by atoms with E-state index in [1.807, 2.05) is 0 Å². The molecule has 4 N–H and O–H groups in total. The van der Waals surface area contributed by atoms with Crippen molar-refractivity contribution in [2.24, 2.45) is 5.73 Å². The highest BCUT2D eigenvalue weighted by Gasteiger charge is 1.89. The molecule has 0 amide bonds. The third kappa shape index (κ3) is 5.52. The van der Waals surface area contributed by atoms with Gasteiger partial charge in [0.1, 0.15) is 5.76 Å². The smallest absolute Gasteiger partial charge is 0.155 e. The standard InChI is InChI=1S/C4H7ClN2OS/c5-1-3(8)2-9-4(6)7/h2,8H,1H2,(H3,6,7)/b3-2-. The van der Waals surface area contributed by atoms with Gasteiger partial charge in [0.25, 0.3) is 0 Å². The highest BCUT2D eigenvalue weighted by atomic mass is 35.5.